The van der Waals surface area contributed by atoms with E-state index in [4.69, 9.17) is 11.8 Å². The Bertz CT molecular complexity index is 188. The lowest BCUT2D eigenvalue weighted by Crippen LogP contribution is -1.95. The third-order valence-electron chi connectivity index (χ3n) is 1.14. The van der Waals surface area contributed by atoms with Crippen LogP contribution in [0.4, 0.5) is 0 Å². The molecule has 0 unspecified atom stereocenters. The van der Waals surface area contributed by atoms with Crippen LogP contribution in [0.5, 0.6) is 0 Å². The molecule has 0 aromatic heterocycles. The van der Waals surface area contributed by atoms with Gasteiger partial charge < -0.3 is 0 Å². The first-order valence-electron chi connectivity index (χ1n) is 2.92. The number of benzene rings is 1. The molecule has 0 amide bonds. The van der Waals surface area contributed by atoms with Crippen molar-refractivity contribution in [3.63, 3.8) is 0 Å². The fourth-order valence-electron chi connectivity index (χ4n) is 0.721. The summed E-state index contributed by atoms with van der Waals surface area (Å²) < 4.78 is 1.45. The normalized spacial score (nSPS) is 10.3. The molecule has 10 heavy (non-hydrogen) atoms. The van der Waals surface area contributed by atoms with Crippen molar-refractivity contribution in [2.45, 2.75) is 6.54 Å². The summed E-state index contributed by atoms with van der Waals surface area (Å²) in [5.74, 6) is 0. The molecule has 1 nitrogen and oxygen atoms in total. The molecule has 0 aliphatic carbocycles. The lowest BCUT2D eigenvalue weighted by molar-refractivity contribution is 0.744. The molecule has 0 saturated heterocycles. The van der Waals surface area contributed by atoms with Gasteiger partial charge in [-0.05, 0) is 17.3 Å². The first kappa shape index (κ1) is 8.05. The smallest absolute Gasteiger partial charge is 0.0507 e. The van der Waals surface area contributed by atoms with Crippen LogP contribution in [0.15, 0.2) is 30.3 Å². The molecule has 0 spiro atoms. The van der Waals surface area contributed by atoms with E-state index < -0.39 is 0 Å². The second-order valence-electron chi connectivity index (χ2n) is 1.95. The minimum Gasteiger partial charge on any atom is -0.150 e. The molecule has 0 saturated carbocycles. The van der Waals surface area contributed by atoms with Crippen molar-refractivity contribution in [3.05, 3.63) is 35.9 Å². The van der Waals surface area contributed by atoms with E-state index in [2.05, 4.69) is 16.1 Å². The van der Waals surface area contributed by atoms with E-state index in [1.165, 1.54) is 9.01 Å². The summed E-state index contributed by atoms with van der Waals surface area (Å²) in [7, 11) is 0. The molecule has 0 fully saturated rings. The van der Waals surface area contributed by atoms with Crippen molar-refractivity contribution in [1.82, 2.24) is 3.45 Å². The van der Waals surface area contributed by atoms with E-state index >= 15 is 0 Å². The summed E-state index contributed by atoms with van der Waals surface area (Å²) in [4.78, 5) is 0. The molecule has 0 heterocycles. The fourth-order valence-corrected chi connectivity index (χ4v) is 1.15. The summed E-state index contributed by atoms with van der Waals surface area (Å²) in [6.07, 6.45) is 0. The number of rotatable bonds is 2. The van der Waals surface area contributed by atoms with Crippen LogP contribution in [0.2, 0.25) is 0 Å². The first-order chi connectivity index (χ1) is 4.79. The molecule has 0 aliphatic heterocycles. The summed E-state index contributed by atoms with van der Waals surface area (Å²) in [6.45, 7) is 0.711. The summed E-state index contributed by atoms with van der Waals surface area (Å²) in [6, 6.07) is 10.0. The highest BCUT2D eigenvalue weighted by Crippen LogP contribution is 2.09. The zero-order chi connectivity index (χ0) is 7.40. The Morgan fingerprint density at radius 2 is 1.90 bits per heavy atom. The Morgan fingerprint density at radius 3 is 2.40 bits per heavy atom. The number of hydrogen-bond acceptors (Lipinski definition) is 1. The Hall–Kier alpha value is -0.0500. The van der Waals surface area contributed by atoms with E-state index in [0.29, 0.717) is 6.54 Å². The van der Waals surface area contributed by atoms with E-state index in [1.807, 2.05) is 30.3 Å². The fraction of sp³-hybridized carbons (Fsp3) is 0.143. The zero-order valence-electron chi connectivity index (χ0n) is 5.30. The van der Waals surface area contributed by atoms with Crippen LogP contribution in [-0.2, 0) is 6.54 Å². The molecule has 3 heteroatoms. The van der Waals surface area contributed by atoms with Gasteiger partial charge in [0.05, 0.1) is 6.54 Å². The van der Waals surface area contributed by atoms with E-state index in [9.17, 15) is 0 Å². The van der Waals surface area contributed by atoms with Crippen molar-refractivity contribution in [1.29, 1.82) is 0 Å². The first-order valence-corrected chi connectivity index (χ1v) is 3.97. The third-order valence-corrected chi connectivity index (χ3v) is 1.52. The van der Waals surface area contributed by atoms with Gasteiger partial charge in [0.25, 0.3) is 0 Å². The average Bonchev–Trinajstić information content (AvgIpc) is 1.88. The molecule has 1 aromatic carbocycles. The Morgan fingerprint density at radius 1 is 1.30 bits per heavy atom. The van der Waals surface area contributed by atoms with Gasteiger partial charge in [0.2, 0.25) is 0 Å². The maximum atomic E-state index is 5.56. The van der Waals surface area contributed by atoms with Gasteiger partial charge in [0, 0.05) is 16.1 Å². The van der Waals surface area contributed by atoms with Crippen LogP contribution in [0.1, 0.15) is 5.56 Å². The Balaban J connectivity index is 2.59. The number of nitrogens with zero attached hydrogens (tertiary/aromatic N) is 1. The lowest BCUT2D eigenvalue weighted by atomic mass is 10.2. The minimum atomic E-state index is 0.711. The highest BCUT2D eigenvalue weighted by Gasteiger charge is 1.94. The van der Waals surface area contributed by atoms with Gasteiger partial charge in [0.1, 0.15) is 0 Å². The number of hydrogen-bond donors (Lipinski definition) is 0. The van der Waals surface area contributed by atoms with Gasteiger partial charge >= 0.3 is 0 Å². The molecule has 0 aliphatic rings. The second kappa shape index (κ2) is 3.96. The van der Waals surface area contributed by atoms with Crippen LogP contribution in [0, 0.1) is 0 Å². The van der Waals surface area contributed by atoms with Crippen molar-refractivity contribution in [2.24, 2.45) is 0 Å². The Labute approximate surface area is 74.0 Å². The minimum absolute atomic E-state index is 0.711. The van der Waals surface area contributed by atoms with Crippen LogP contribution in [-0.4, -0.2) is 3.45 Å². The van der Waals surface area contributed by atoms with Gasteiger partial charge in [-0.3, -0.25) is 0 Å². The SMILES string of the molecule is ClN(Br)Cc1ccccc1. The molecule has 54 valence electrons. The topological polar surface area (TPSA) is 3.24 Å². The van der Waals surface area contributed by atoms with Gasteiger partial charge in [-0.25, -0.2) is 0 Å². The highest BCUT2D eigenvalue weighted by molar-refractivity contribution is 9.07. The molecule has 0 bridgehead atoms. The van der Waals surface area contributed by atoms with Crippen LogP contribution in [0.3, 0.4) is 0 Å². The van der Waals surface area contributed by atoms with Gasteiger partial charge in [-0.2, -0.15) is 3.45 Å². The molecule has 0 atom stereocenters. The van der Waals surface area contributed by atoms with E-state index in [0.717, 1.165) is 0 Å². The molecule has 0 N–H and O–H groups in total. The maximum absolute atomic E-state index is 5.56. The predicted molar refractivity (Wildman–Crippen MR) is 46.8 cm³/mol. The molecular weight excluding hydrogens is 213 g/mol. The Kier molecular flexibility index (Phi) is 3.19. The van der Waals surface area contributed by atoms with Crippen LogP contribution < -0.4 is 0 Å². The molecule has 1 aromatic rings. The molecule has 0 radical (unpaired) electrons. The summed E-state index contributed by atoms with van der Waals surface area (Å²) >= 11 is 8.67. The quantitative estimate of drug-likeness (QED) is 0.693. The maximum Gasteiger partial charge on any atom is 0.0507 e. The summed E-state index contributed by atoms with van der Waals surface area (Å²) in [5.41, 5.74) is 1.19. The van der Waals surface area contributed by atoms with Crippen molar-refractivity contribution in [3.8, 4) is 0 Å². The van der Waals surface area contributed by atoms with Crippen LogP contribution >= 0.6 is 27.9 Å². The van der Waals surface area contributed by atoms with Gasteiger partial charge in [0.15, 0.2) is 0 Å². The van der Waals surface area contributed by atoms with Gasteiger partial charge in [-0.15, -0.1) is 0 Å². The van der Waals surface area contributed by atoms with Crippen molar-refractivity contribution in [2.75, 3.05) is 0 Å². The molecular formula is C7H7BrClN. The van der Waals surface area contributed by atoms with Crippen molar-refractivity contribution < 1.29 is 0 Å². The lowest BCUT2D eigenvalue weighted by Gasteiger charge is -2.02. The standard InChI is InChI=1S/C7H7BrClN/c8-10(9)6-7-4-2-1-3-5-7/h1-5H,6H2. The van der Waals surface area contributed by atoms with E-state index in [1.54, 1.807) is 0 Å². The van der Waals surface area contributed by atoms with Crippen molar-refractivity contribution >= 4 is 27.9 Å². The van der Waals surface area contributed by atoms with Crippen LogP contribution in [0.25, 0.3) is 0 Å². The highest BCUT2D eigenvalue weighted by atomic mass is 79.9. The average molecular weight is 220 g/mol. The van der Waals surface area contributed by atoms with E-state index in [-0.39, 0.29) is 0 Å². The molecule has 1 rings (SSSR count). The van der Waals surface area contributed by atoms with Gasteiger partial charge in [-0.1, -0.05) is 30.3 Å². The second-order valence-corrected chi connectivity index (χ2v) is 3.62. The largest absolute Gasteiger partial charge is 0.150 e. The summed E-state index contributed by atoms with van der Waals surface area (Å²) in [5, 5.41) is 0. The number of halogens is 2. The predicted octanol–water partition coefficient (Wildman–Crippen LogP) is 2.95. The zero-order valence-corrected chi connectivity index (χ0v) is 7.64. The monoisotopic (exact) mass is 219 g/mol. The third kappa shape index (κ3) is 2.69.